The fraction of sp³-hybridized carbons (Fsp3) is 0. The van der Waals surface area contributed by atoms with Crippen molar-refractivity contribution in [2.24, 2.45) is 0 Å². The Morgan fingerprint density at radius 1 is 1.06 bits per heavy atom. The number of hydrogen-bond donors (Lipinski definition) is 2. The maximum atomic E-state index is 11.0. The van der Waals surface area contributed by atoms with Crippen molar-refractivity contribution >= 4 is 15.8 Å². The third kappa shape index (κ3) is 2.79. The van der Waals surface area contributed by atoms with Gasteiger partial charge in [0.1, 0.15) is 5.75 Å². The Morgan fingerprint density at radius 2 is 1.72 bits per heavy atom. The van der Waals surface area contributed by atoms with Gasteiger partial charge >= 0.3 is 0 Å². The molecule has 94 valence electrons. The van der Waals surface area contributed by atoms with Gasteiger partial charge in [0.2, 0.25) is 0 Å². The zero-order valence-electron chi connectivity index (χ0n) is 9.28. The molecule has 18 heavy (non-hydrogen) atoms. The molecule has 0 amide bonds. The minimum Gasteiger partial charge on any atom is -0.455 e. The second-order valence-corrected chi connectivity index (χ2v) is 5.01. The summed E-state index contributed by atoms with van der Waals surface area (Å²) in [6.07, 6.45) is 0. The van der Waals surface area contributed by atoms with Crippen LogP contribution in [0.25, 0.3) is 0 Å². The van der Waals surface area contributed by atoms with Gasteiger partial charge in [-0.15, -0.1) is 0 Å². The van der Waals surface area contributed by atoms with Gasteiger partial charge in [0.15, 0.2) is 5.75 Å². The number of nitrogen functional groups attached to an aromatic ring is 1. The molecular formula is C12H11NO4S. The van der Waals surface area contributed by atoms with Gasteiger partial charge in [-0.25, -0.2) is 0 Å². The first-order valence-electron chi connectivity index (χ1n) is 5.07. The van der Waals surface area contributed by atoms with Crippen LogP contribution in [0, 0.1) is 0 Å². The van der Waals surface area contributed by atoms with E-state index in [1.165, 1.54) is 18.2 Å². The topological polar surface area (TPSA) is 89.6 Å². The molecule has 0 aliphatic heterocycles. The van der Waals surface area contributed by atoms with Crippen LogP contribution in [0.2, 0.25) is 0 Å². The fourth-order valence-corrected chi connectivity index (χ4v) is 1.88. The molecule has 0 spiro atoms. The first-order chi connectivity index (χ1) is 8.47. The molecule has 5 nitrogen and oxygen atoms in total. The smallest absolute Gasteiger partial charge is 0.294 e. The Bertz CT molecular complexity index is 653. The van der Waals surface area contributed by atoms with Crippen molar-refractivity contribution in [2.45, 2.75) is 4.90 Å². The summed E-state index contributed by atoms with van der Waals surface area (Å²) >= 11 is 0. The first-order valence-corrected chi connectivity index (χ1v) is 6.51. The Morgan fingerprint density at radius 3 is 2.33 bits per heavy atom. The molecule has 0 aliphatic rings. The van der Waals surface area contributed by atoms with Crippen LogP contribution in [0.4, 0.5) is 5.69 Å². The Balaban J connectivity index is 2.39. The van der Waals surface area contributed by atoms with Crippen molar-refractivity contribution in [1.29, 1.82) is 0 Å². The van der Waals surface area contributed by atoms with Gasteiger partial charge < -0.3 is 10.5 Å². The molecule has 0 saturated carbocycles. The van der Waals surface area contributed by atoms with Crippen molar-refractivity contribution in [1.82, 2.24) is 0 Å². The predicted molar refractivity (Wildman–Crippen MR) is 67.2 cm³/mol. The molecule has 6 heteroatoms. The summed E-state index contributed by atoms with van der Waals surface area (Å²) < 4.78 is 36.4. The molecule has 0 fully saturated rings. The molecule has 0 aliphatic carbocycles. The highest BCUT2D eigenvalue weighted by Gasteiger charge is 2.12. The summed E-state index contributed by atoms with van der Waals surface area (Å²) in [7, 11) is -4.27. The number of ether oxygens (including phenoxy) is 1. The van der Waals surface area contributed by atoms with Crippen molar-refractivity contribution < 1.29 is 17.7 Å². The summed E-state index contributed by atoms with van der Waals surface area (Å²) in [4.78, 5) is -0.261. The van der Waals surface area contributed by atoms with Crippen LogP contribution in [-0.2, 0) is 10.1 Å². The predicted octanol–water partition coefficient (Wildman–Crippen LogP) is 2.31. The quantitative estimate of drug-likeness (QED) is 0.656. The third-order valence-corrected chi connectivity index (χ3v) is 3.10. The monoisotopic (exact) mass is 265 g/mol. The van der Waals surface area contributed by atoms with E-state index in [1.807, 2.05) is 6.07 Å². The van der Waals surface area contributed by atoms with Crippen molar-refractivity contribution in [3.05, 3.63) is 48.5 Å². The second-order valence-electron chi connectivity index (χ2n) is 3.59. The van der Waals surface area contributed by atoms with E-state index < -0.39 is 10.1 Å². The number of para-hydroxylation sites is 1. The van der Waals surface area contributed by atoms with Crippen LogP contribution in [-0.4, -0.2) is 13.0 Å². The molecule has 2 rings (SSSR count). The van der Waals surface area contributed by atoms with E-state index in [-0.39, 0.29) is 16.3 Å². The van der Waals surface area contributed by atoms with E-state index in [4.69, 9.17) is 15.0 Å². The van der Waals surface area contributed by atoms with Gasteiger partial charge in [-0.1, -0.05) is 18.2 Å². The molecule has 0 atom stereocenters. The summed E-state index contributed by atoms with van der Waals surface area (Å²) in [6.45, 7) is 0. The van der Waals surface area contributed by atoms with E-state index >= 15 is 0 Å². The van der Waals surface area contributed by atoms with Gasteiger partial charge in [0.25, 0.3) is 10.1 Å². The number of benzene rings is 2. The van der Waals surface area contributed by atoms with Gasteiger partial charge in [0.05, 0.1) is 10.6 Å². The van der Waals surface area contributed by atoms with E-state index in [2.05, 4.69) is 0 Å². The number of rotatable bonds is 3. The SMILES string of the molecule is Nc1ccc(S(=O)(=O)O)cc1Oc1ccccc1. The lowest BCUT2D eigenvalue weighted by molar-refractivity contribution is 0.473. The largest absolute Gasteiger partial charge is 0.455 e. The van der Waals surface area contributed by atoms with Gasteiger partial charge in [-0.2, -0.15) is 8.42 Å². The van der Waals surface area contributed by atoms with Crippen molar-refractivity contribution in [3.63, 3.8) is 0 Å². The highest BCUT2D eigenvalue weighted by molar-refractivity contribution is 7.85. The standard InChI is InChI=1S/C12H11NO4S/c13-11-7-6-10(18(14,15)16)8-12(11)17-9-4-2-1-3-5-9/h1-8H,13H2,(H,14,15,16). The van der Waals surface area contributed by atoms with E-state index in [9.17, 15) is 8.42 Å². The van der Waals surface area contributed by atoms with Gasteiger partial charge in [-0.05, 0) is 24.3 Å². The molecule has 0 radical (unpaired) electrons. The highest BCUT2D eigenvalue weighted by Crippen LogP contribution is 2.29. The van der Waals surface area contributed by atoms with Crippen molar-refractivity contribution in [2.75, 3.05) is 5.73 Å². The van der Waals surface area contributed by atoms with E-state index in [0.717, 1.165) is 0 Å². The summed E-state index contributed by atoms with van der Waals surface area (Å²) in [6, 6.07) is 12.5. The number of anilines is 1. The molecule has 0 saturated heterocycles. The molecule has 2 aromatic rings. The van der Waals surface area contributed by atoms with E-state index in [0.29, 0.717) is 5.75 Å². The Hall–Kier alpha value is -2.05. The number of nitrogens with two attached hydrogens (primary N) is 1. The Kier molecular flexibility index (Phi) is 3.22. The maximum absolute atomic E-state index is 11.0. The van der Waals surface area contributed by atoms with Crippen LogP contribution in [0.1, 0.15) is 0 Å². The fourth-order valence-electron chi connectivity index (χ4n) is 1.38. The lowest BCUT2D eigenvalue weighted by atomic mass is 10.3. The van der Waals surface area contributed by atoms with Crippen LogP contribution in [0.3, 0.4) is 0 Å². The lowest BCUT2D eigenvalue weighted by Crippen LogP contribution is -2.00. The first kappa shape index (κ1) is 12.4. The van der Waals surface area contributed by atoms with Gasteiger partial charge in [-0.3, -0.25) is 4.55 Å². The average Bonchev–Trinajstić information content (AvgIpc) is 2.32. The highest BCUT2D eigenvalue weighted by atomic mass is 32.2. The summed E-state index contributed by atoms with van der Waals surface area (Å²) in [5.74, 6) is 0.702. The third-order valence-electron chi connectivity index (χ3n) is 2.25. The molecule has 0 heterocycles. The molecular weight excluding hydrogens is 254 g/mol. The van der Waals surface area contributed by atoms with Crippen LogP contribution in [0.15, 0.2) is 53.4 Å². The zero-order chi connectivity index (χ0) is 13.2. The van der Waals surface area contributed by atoms with Gasteiger partial charge in [0, 0.05) is 6.07 Å². The van der Waals surface area contributed by atoms with Crippen LogP contribution in [0.5, 0.6) is 11.5 Å². The molecule has 2 aromatic carbocycles. The zero-order valence-corrected chi connectivity index (χ0v) is 10.1. The molecule has 0 unspecified atom stereocenters. The normalized spacial score (nSPS) is 11.2. The van der Waals surface area contributed by atoms with Crippen LogP contribution >= 0.6 is 0 Å². The van der Waals surface area contributed by atoms with E-state index in [1.54, 1.807) is 24.3 Å². The summed E-state index contributed by atoms with van der Waals surface area (Å²) in [5.41, 5.74) is 5.96. The van der Waals surface area contributed by atoms with Crippen LogP contribution < -0.4 is 10.5 Å². The van der Waals surface area contributed by atoms with Crippen molar-refractivity contribution in [3.8, 4) is 11.5 Å². The minimum atomic E-state index is -4.27. The lowest BCUT2D eigenvalue weighted by Gasteiger charge is -2.09. The molecule has 0 bridgehead atoms. The second kappa shape index (κ2) is 4.67. The number of hydrogen-bond acceptors (Lipinski definition) is 4. The average molecular weight is 265 g/mol. The Labute approximate surface area is 105 Å². The minimum absolute atomic E-state index is 0.177. The molecule has 0 aromatic heterocycles. The maximum Gasteiger partial charge on any atom is 0.294 e. The molecule has 3 N–H and O–H groups in total. The summed E-state index contributed by atoms with van der Waals surface area (Å²) in [5, 5.41) is 0.